The van der Waals surface area contributed by atoms with E-state index in [0.717, 1.165) is 17.1 Å². The van der Waals surface area contributed by atoms with Crippen LogP contribution >= 0.6 is 0 Å². The molecule has 0 saturated heterocycles. The maximum absolute atomic E-state index is 11.9. The number of sulfonamides is 1. The zero-order valence-electron chi connectivity index (χ0n) is 13.4. The molecular formula is C14H29NO4S. The first kappa shape index (κ1) is 19.4. The van der Waals surface area contributed by atoms with Gasteiger partial charge in [-0.2, -0.15) is 0 Å². The van der Waals surface area contributed by atoms with Crippen molar-refractivity contribution in [2.45, 2.75) is 47.0 Å². The number of nitrogens with zero attached hydrogens (tertiary/aromatic N) is 1. The van der Waals surface area contributed by atoms with Gasteiger partial charge in [0.05, 0.1) is 5.75 Å². The van der Waals surface area contributed by atoms with Crippen LogP contribution in [0.3, 0.4) is 0 Å². The van der Waals surface area contributed by atoms with Crippen LogP contribution < -0.4 is 0 Å². The van der Waals surface area contributed by atoms with E-state index in [9.17, 15) is 13.2 Å². The van der Waals surface area contributed by atoms with E-state index in [0.29, 0.717) is 25.6 Å². The van der Waals surface area contributed by atoms with Crippen LogP contribution in [0.4, 0.5) is 0 Å². The lowest BCUT2D eigenvalue weighted by atomic mass is 10.1. The van der Waals surface area contributed by atoms with Gasteiger partial charge in [0.25, 0.3) is 0 Å². The Kier molecular flexibility index (Phi) is 9.05. The molecule has 6 heteroatoms. The fourth-order valence-electron chi connectivity index (χ4n) is 1.68. The summed E-state index contributed by atoms with van der Waals surface area (Å²) >= 11 is 0. The number of carbonyl (C=O) groups excluding carboxylic acids is 1. The average Bonchev–Trinajstić information content (AvgIpc) is 2.35. The van der Waals surface area contributed by atoms with E-state index in [4.69, 9.17) is 4.74 Å². The van der Waals surface area contributed by atoms with Crippen LogP contribution in [0, 0.1) is 11.8 Å². The highest BCUT2D eigenvalue weighted by Gasteiger charge is 2.24. The van der Waals surface area contributed by atoms with Crippen molar-refractivity contribution in [2.24, 2.45) is 11.8 Å². The van der Waals surface area contributed by atoms with Crippen molar-refractivity contribution >= 4 is 15.9 Å². The summed E-state index contributed by atoms with van der Waals surface area (Å²) in [6.07, 6.45) is 2.53. The number of hydrogen-bond acceptors (Lipinski definition) is 4. The smallest absolute Gasteiger partial charge is 0.238 e. The van der Waals surface area contributed by atoms with Crippen molar-refractivity contribution < 1.29 is 17.9 Å². The fourth-order valence-corrected chi connectivity index (χ4v) is 2.92. The molecule has 0 aliphatic rings. The van der Waals surface area contributed by atoms with Crippen LogP contribution in [0.5, 0.6) is 0 Å². The first-order valence-corrected chi connectivity index (χ1v) is 8.87. The van der Waals surface area contributed by atoms with Gasteiger partial charge in [-0.15, -0.1) is 0 Å². The third kappa shape index (κ3) is 7.85. The van der Waals surface area contributed by atoms with E-state index in [-0.39, 0.29) is 17.6 Å². The van der Waals surface area contributed by atoms with Crippen LogP contribution in [-0.2, 0) is 19.6 Å². The molecule has 0 rings (SSSR count). The lowest BCUT2D eigenvalue weighted by Gasteiger charge is -2.19. The van der Waals surface area contributed by atoms with Crippen LogP contribution in [0.15, 0.2) is 0 Å². The topological polar surface area (TPSA) is 63.7 Å². The van der Waals surface area contributed by atoms with Gasteiger partial charge >= 0.3 is 0 Å². The maximum Gasteiger partial charge on any atom is 0.238 e. The predicted molar refractivity (Wildman–Crippen MR) is 80.9 cm³/mol. The Morgan fingerprint density at radius 2 is 1.65 bits per heavy atom. The minimum atomic E-state index is -3.51. The molecule has 0 N–H and O–H groups in total. The van der Waals surface area contributed by atoms with Crippen molar-refractivity contribution in [3.63, 3.8) is 0 Å². The normalized spacial score (nSPS) is 12.2. The maximum atomic E-state index is 11.9. The van der Waals surface area contributed by atoms with Crippen LogP contribution in [0.1, 0.15) is 47.0 Å². The molecule has 0 atom stereocenters. The molecule has 0 aromatic heterocycles. The Morgan fingerprint density at radius 1 is 1.10 bits per heavy atom. The summed E-state index contributed by atoms with van der Waals surface area (Å²) < 4.78 is 30.1. The Morgan fingerprint density at radius 3 is 2.15 bits per heavy atom. The summed E-state index contributed by atoms with van der Waals surface area (Å²) in [5.41, 5.74) is 0. The first-order valence-electron chi connectivity index (χ1n) is 7.26. The molecule has 0 saturated carbocycles. The summed E-state index contributed by atoms with van der Waals surface area (Å²) in [5, 5.41) is 0. The largest absolute Gasteiger partial charge is 0.381 e. The molecule has 0 aliphatic carbocycles. The highest BCUT2D eigenvalue weighted by Crippen LogP contribution is 2.07. The van der Waals surface area contributed by atoms with Crippen LogP contribution in [-0.4, -0.2) is 44.6 Å². The monoisotopic (exact) mass is 307 g/mol. The van der Waals surface area contributed by atoms with Gasteiger partial charge in [-0.3, -0.25) is 4.79 Å². The van der Waals surface area contributed by atoms with E-state index in [1.54, 1.807) is 13.8 Å². The third-order valence-corrected chi connectivity index (χ3v) is 4.80. The molecule has 0 heterocycles. The van der Waals surface area contributed by atoms with Gasteiger partial charge in [-0.05, 0) is 25.2 Å². The Hall–Kier alpha value is -0.620. The quantitative estimate of drug-likeness (QED) is 0.581. The molecule has 1 amide bonds. The molecule has 120 valence electrons. The lowest BCUT2D eigenvalue weighted by molar-refractivity contribution is -0.128. The number of ether oxygens (including phenoxy) is 1. The van der Waals surface area contributed by atoms with Gasteiger partial charge in [0.15, 0.2) is 0 Å². The van der Waals surface area contributed by atoms with Gasteiger partial charge in [0.2, 0.25) is 15.9 Å². The molecular weight excluding hydrogens is 278 g/mol. The van der Waals surface area contributed by atoms with E-state index in [1.165, 1.54) is 7.05 Å². The van der Waals surface area contributed by atoms with Gasteiger partial charge in [-0.1, -0.05) is 27.7 Å². The number of hydrogen-bond donors (Lipinski definition) is 0. The van der Waals surface area contributed by atoms with Crippen molar-refractivity contribution in [1.82, 2.24) is 4.31 Å². The van der Waals surface area contributed by atoms with Gasteiger partial charge < -0.3 is 4.74 Å². The first-order chi connectivity index (χ1) is 9.18. The molecule has 0 radical (unpaired) electrons. The zero-order chi connectivity index (χ0) is 15.8. The fraction of sp³-hybridized carbons (Fsp3) is 0.929. The van der Waals surface area contributed by atoms with E-state index in [2.05, 4.69) is 13.8 Å². The third-order valence-electron chi connectivity index (χ3n) is 2.98. The number of carbonyl (C=O) groups is 1. The molecule has 20 heavy (non-hydrogen) atoms. The lowest BCUT2D eigenvalue weighted by Crippen LogP contribution is -2.37. The van der Waals surface area contributed by atoms with Crippen molar-refractivity contribution in [3.05, 3.63) is 0 Å². The van der Waals surface area contributed by atoms with E-state index < -0.39 is 10.0 Å². The number of rotatable bonds is 10. The van der Waals surface area contributed by atoms with Crippen LogP contribution in [0.25, 0.3) is 0 Å². The molecule has 5 nitrogen and oxygen atoms in total. The second-order valence-corrected chi connectivity index (χ2v) is 7.90. The summed E-state index contributed by atoms with van der Waals surface area (Å²) in [5.74, 6) is -0.0776. The molecule has 0 bridgehead atoms. The molecule has 0 fully saturated rings. The highest BCUT2D eigenvalue weighted by atomic mass is 32.2. The predicted octanol–water partition coefficient (Wildman–Crippen LogP) is 2.27. The van der Waals surface area contributed by atoms with Crippen LogP contribution in [0.2, 0.25) is 0 Å². The van der Waals surface area contributed by atoms with E-state index in [1.807, 2.05) is 0 Å². The molecule has 0 spiro atoms. The zero-order valence-corrected chi connectivity index (χ0v) is 14.2. The second-order valence-electron chi connectivity index (χ2n) is 5.78. The molecule has 0 aliphatic heterocycles. The molecule has 0 aromatic carbocycles. The standard InChI is InChI=1S/C14H29NO4S/c1-12(2)8-6-9-19-10-7-11-20(17,18)15(5)14(16)13(3)4/h12-13H,6-11H2,1-5H3. The van der Waals surface area contributed by atoms with Crippen molar-refractivity contribution in [1.29, 1.82) is 0 Å². The SMILES string of the molecule is CC(C)CCCOCCCS(=O)(=O)N(C)C(=O)C(C)C. The second kappa shape index (κ2) is 9.34. The summed E-state index contributed by atoms with van der Waals surface area (Å²) in [7, 11) is -2.19. The molecule has 0 unspecified atom stereocenters. The summed E-state index contributed by atoms with van der Waals surface area (Å²) in [4.78, 5) is 11.6. The van der Waals surface area contributed by atoms with E-state index >= 15 is 0 Å². The Bertz CT molecular complexity index is 377. The van der Waals surface area contributed by atoms with Gasteiger partial charge in [-0.25, -0.2) is 12.7 Å². The summed E-state index contributed by atoms with van der Waals surface area (Å²) in [6.45, 7) is 8.78. The van der Waals surface area contributed by atoms with Crippen molar-refractivity contribution in [3.8, 4) is 0 Å². The van der Waals surface area contributed by atoms with Crippen molar-refractivity contribution in [2.75, 3.05) is 26.0 Å². The number of amides is 1. The Labute approximate surface area is 123 Å². The Balaban J connectivity index is 3.92. The average molecular weight is 307 g/mol. The van der Waals surface area contributed by atoms with Gasteiger partial charge in [0.1, 0.15) is 0 Å². The highest BCUT2D eigenvalue weighted by molar-refractivity contribution is 7.89. The summed E-state index contributed by atoms with van der Waals surface area (Å²) in [6, 6.07) is 0. The minimum Gasteiger partial charge on any atom is -0.381 e. The molecule has 0 aromatic rings. The minimum absolute atomic E-state index is 0.0495. The van der Waals surface area contributed by atoms with Gasteiger partial charge in [0, 0.05) is 26.2 Å².